The van der Waals surface area contributed by atoms with E-state index in [2.05, 4.69) is 42.9 Å². The first-order valence-electron chi connectivity index (χ1n) is 4.01. The molecule has 0 atom stereocenters. The van der Waals surface area contributed by atoms with Crippen molar-refractivity contribution in [3.63, 3.8) is 0 Å². The molecule has 0 fully saturated rings. The van der Waals surface area contributed by atoms with Gasteiger partial charge < -0.3 is 1.43 Å². The summed E-state index contributed by atoms with van der Waals surface area (Å²) < 4.78 is 0. The van der Waals surface area contributed by atoms with E-state index in [9.17, 15) is 0 Å². The minimum Gasteiger partial charge on any atom is -1.00 e. The van der Waals surface area contributed by atoms with Crippen LogP contribution in [0.15, 0.2) is 47.6 Å². The molecule has 0 bridgehead atoms. The Morgan fingerprint density at radius 1 is 1.00 bits per heavy atom. The maximum absolute atomic E-state index is 2.28. The molecule has 2 rings (SSSR count). The molecule has 0 aromatic rings. The maximum atomic E-state index is 2.28. The smallest absolute Gasteiger partial charge is 0 e. The SMILES string of the molecule is C1=CCC([CH-]C2=CC=CC2)=C1.[H-].[Hf]. The molecule has 62 valence electrons. The Labute approximate surface area is 94.0 Å². The van der Waals surface area contributed by atoms with Crippen LogP contribution in [0.25, 0.3) is 0 Å². The van der Waals surface area contributed by atoms with E-state index in [1.165, 1.54) is 11.1 Å². The van der Waals surface area contributed by atoms with Crippen LogP contribution in [-0.4, -0.2) is 0 Å². The van der Waals surface area contributed by atoms with Crippen LogP contribution in [0.2, 0.25) is 0 Å². The van der Waals surface area contributed by atoms with Crippen LogP contribution in [0.3, 0.4) is 0 Å². The average Bonchev–Trinajstić information content (AvgIpc) is 2.60. The second-order valence-electron chi connectivity index (χ2n) is 2.89. The molecule has 1 heteroatoms. The zero-order valence-corrected chi connectivity index (χ0v) is 10.5. The molecule has 2 aliphatic rings. The van der Waals surface area contributed by atoms with Crippen molar-refractivity contribution < 1.29 is 27.3 Å². The van der Waals surface area contributed by atoms with Gasteiger partial charge in [-0.25, -0.2) is 0 Å². The number of allylic oxidation sites excluding steroid dienone is 8. The third kappa shape index (κ3) is 2.34. The summed E-state index contributed by atoms with van der Waals surface area (Å²) in [6.07, 6.45) is 17.5. The Balaban J connectivity index is 0.000000720. The molecule has 0 aromatic heterocycles. The third-order valence-corrected chi connectivity index (χ3v) is 1.97. The fourth-order valence-corrected chi connectivity index (χ4v) is 1.38. The normalized spacial score (nSPS) is 18.7. The standard InChI is InChI=1S/C11H11.Hf.H/c1-2-6-10(5-1)9-11-7-3-4-8-11;;/h1-5,7,9H,6,8H2;;/q-1;;-1. The molecule has 0 radical (unpaired) electrons. The molecule has 12 heavy (non-hydrogen) atoms. The number of hydrogen-bond donors (Lipinski definition) is 0. The van der Waals surface area contributed by atoms with E-state index in [0.717, 1.165) is 12.8 Å². The minimum absolute atomic E-state index is 0. The molecule has 0 saturated heterocycles. The molecular weight excluding hydrogens is 311 g/mol. The monoisotopic (exact) mass is 324 g/mol. The van der Waals surface area contributed by atoms with Crippen molar-refractivity contribution in [3.05, 3.63) is 54.0 Å². The van der Waals surface area contributed by atoms with E-state index in [1.807, 2.05) is 0 Å². The summed E-state index contributed by atoms with van der Waals surface area (Å²) in [5, 5.41) is 0. The second kappa shape index (κ2) is 4.66. The molecule has 0 saturated carbocycles. The summed E-state index contributed by atoms with van der Waals surface area (Å²) in [6, 6.07) is 0. The molecular formula is C11H12Hf-2. The van der Waals surface area contributed by atoms with Crippen LogP contribution < -0.4 is 0 Å². The first-order chi connectivity index (χ1) is 5.45. The van der Waals surface area contributed by atoms with Crippen molar-refractivity contribution in [2.75, 3.05) is 0 Å². The van der Waals surface area contributed by atoms with Gasteiger partial charge in [-0.15, -0.1) is 12.2 Å². The molecule has 2 aliphatic carbocycles. The van der Waals surface area contributed by atoms with Crippen molar-refractivity contribution in [2.24, 2.45) is 0 Å². The van der Waals surface area contributed by atoms with Crippen molar-refractivity contribution >= 4 is 0 Å². The predicted octanol–water partition coefficient (Wildman–Crippen LogP) is 3.07. The van der Waals surface area contributed by atoms with Gasteiger partial charge in [-0.05, 0) is 12.8 Å². The second-order valence-corrected chi connectivity index (χ2v) is 2.89. The van der Waals surface area contributed by atoms with E-state index in [0.29, 0.717) is 0 Å². The Kier molecular flexibility index (Phi) is 3.80. The van der Waals surface area contributed by atoms with Gasteiger partial charge in [0.15, 0.2) is 0 Å². The van der Waals surface area contributed by atoms with Crippen LogP contribution in [0.4, 0.5) is 0 Å². The summed E-state index contributed by atoms with van der Waals surface area (Å²) in [7, 11) is 0. The minimum atomic E-state index is 0. The number of rotatable bonds is 2. The zero-order chi connectivity index (χ0) is 7.52. The van der Waals surface area contributed by atoms with Gasteiger partial charge in [-0.1, -0.05) is 12.2 Å². The van der Waals surface area contributed by atoms with Gasteiger partial charge in [0.05, 0.1) is 0 Å². The van der Waals surface area contributed by atoms with Crippen LogP contribution in [0.1, 0.15) is 14.3 Å². The Bertz CT molecular complexity index is 244. The fourth-order valence-electron chi connectivity index (χ4n) is 1.38. The molecule has 0 nitrogen and oxygen atoms in total. The average molecular weight is 323 g/mol. The predicted molar refractivity (Wildman–Crippen MR) is 49.1 cm³/mol. The summed E-state index contributed by atoms with van der Waals surface area (Å²) in [6.45, 7) is 0. The topological polar surface area (TPSA) is 0 Å². The first-order valence-corrected chi connectivity index (χ1v) is 4.01. The zero-order valence-electron chi connectivity index (χ0n) is 7.96. The van der Waals surface area contributed by atoms with Gasteiger partial charge in [0, 0.05) is 25.8 Å². The fraction of sp³-hybridized carbons (Fsp3) is 0.182. The van der Waals surface area contributed by atoms with Gasteiger partial charge >= 0.3 is 0 Å². The Morgan fingerprint density at radius 3 is 1.83 bits per heavy atom. The molecule has 0 heterocycles. The van der Waals surface area contributed by atoms with Gasteiger partial charge in [-0.3, -0.25) is 0 Å². The number of hydrogen-bond acceptors (Lipinski definition) is 0. The third-order valence-electron chi connectivity index (χ3n) is 1.97. The quantitative estimate of drug-likeness (QED) is 0.541. The summed E-state index contributed by atoms with van der Waals surface area (Å²) in [5.41, 5.74) is 2.86. The summed E-state index contributed by atoms with van der Waals surface area (Å²) >= 11 is 0. The summed E-state index contributed by atoms with van der Waals surface area (Å²) in [5.74, 6) is 0. The molecule has 0 spiro atoms. The van der Waals surface area contributed by atoms with E-state index >= 15 is 0 Å². The Morgan fingerprint density at radius 2 is 1.50 bits per heavy atom. The summed E-state index contributed by atoms with van der Waals surface area (Å²) in [4.78, 5) is 0. The maximum Gasteiger partial charge on any atom is 0 e. The van der Waals surface area contributed by atoms with Crippen molar-refractivity contribution in [1.29, 1.82) is 0 Å². The molecule has 0 aromatic carbocycles. The molecule has 0 amide bonds. The molecule has 0 N–H and O–H groups in total. The van der Waals surface area contributed by atoms with Crippen LogP contribution >= 0.6 is 0 Å². The van der Waals surface area contributed by atoms with Gasteiger partial charge in [-0.2, -0.15) is 29.7 Å². The van der Waals surface area contributed by atoms with E-state index in [-0.39, 0.29) is 27.3 Å². The van der Waals surface area contributed by atoms with Crippen molar-refractivity contribution in [2.45, 2.75) is 12.8 Å². The Hall–Kier alpha value is -0.300. The van der Waals surface area contributed by atoms with Gasteiger partial charge in [0.1, 0.15) is 0 Å². The largest absolute Gasteiger partial charge is 1.00 e. The van der Waals surface area contributed by atoms with Crippen LogP contribution in [0.5, 0.6) is 0 Å². The van der Waals surface area contributed by atoms with E-state index in [1.54, 1.807) is 0 Å². The van der Waals surface area contributed by atoms with E-state index < -0.39 is 0 Å². The van der Waals surface area contributed by atoms with Crippen molar-refractivity contribution in [3.8, 4) is 0 Å². The van der Waals surface area contributed by atoms with Crippen molar-refractivity contribution in [1.82, 2.24) is 0 Å². The first kappa shape index (κ1) is 9.79. The van der Waals surface area contributed by atoms with E-state index in [4.69, 9.17) is 0 Å². The molecule has 0 aliphatic heterocycles. The van der Waals surface area contributed by atoms with Crippen LogP contribution in [0, 0.1) is 6.42 Å². The van der Waals surface area contributed by atoms with Gasteiger partial charge in [0.2, 0.25) is 0 Å². The van der Waals surface area contributed by atoms with Gasteiger partial charge in [0.25, 0.3) is 0 Å². The molecule has 0 unspecified atom stereocenters. The van der Waals surface area contributed by atoms with Crippen LogP contribution in [-0.2, 0) is 25.8 Å².